The Kier molecular flexibility index (Phi) is 5.63. The summed E-state index contributed by atoms with van der Waals surface area (Å²) in [4.78, 5) is 14.4. The van der Waals surface area contributed by atoms with Gasteiger partial charge < -0.3 is 10.2 Å². The zero-order valence-corrected chi connectivity index (χ0v) is 14.5. The summed E-state index contributed by atoms with van der Waals surface area (Å²) in [7, 11) is 0. The highest BCUT2D eigenvalue weighted by molar-refractivity contribution is 5.78. The largest absolute Gasteiger partial charge is 0.340 e. The summed E-state index contributed by atoms with van der Waals surface area (Å²) in [5.74, 6) is 0.424. The Hall–Kier alpha value is -1.35. The Morgan fingerprint density at radius 3 is 2.32 bits per heavy atom. The minimum Gasteiger partial charge on any atom is -0.340 e. The fourth-order valence-corrected chi connectivity index (χ4v) is 2.87. The molecule has 1 aliphatic heterocycles. The average molecular weight is 302 g/mol. The molecule has 0 saturated carbocycles. The number of rotatable bonds is 4. The molecule has 1 aromatic rings. The second kappa shape index (κ2) is 7.28. The van der Waals surface area contributed by atoms with E-state index in [4.69, 9.17) is 0 Å². The number of hydrogen-bond acceptors (Lipinski definition) is 2. The number of benzene rings is 1. The second-order valence-corrected chi connectivity index (χ2v) is 7.46. The van der Waals surface area contributed by atoms with Crippen LogP contribution in [0.4, 0.5) is 0 Å². The lowest BCUT2D eigenvalue weighted by atomic mass is 9.86. The smallest absolute Gasteiger partial charge is 0.225 e. The molecule has 0 radical (unpaired) electrons. The van der Waals surface area contributed by atoms with Gasteiger partial charge in [0.1, 0.15) is 0 Å². The fourth-order valence-electron chi connectivity index (χ4n) is 2.87. The number of carbonyl (C=O) groups is 1. The summed E-state index contributed by atoms with van der Waals surface area (Å²) in [6.07, 6.45) is 1.90. The molecule has 1 fully saturated rings. The molecule has 3 heteroatoms. The Morgan fingerprint density at radius 1 is 1.18 bits per heavy atom. The molecule has 1 N–H and O–H groups in total. The van der Waals surface area contributed by atoms with Crippen molar-refractivity contribution < 1.29 is 4.79 Å². The molecule has 2 rings (SSSR count). The molecule has 0 bridgehead atoms. The van der Waals surface area contributed by atoms with Crippen molar-refractivity contribution in [1.82, 2.24) is 10.2 Å². The van der Waals surface area contributed by atoms with Crippen LogP contribution in [0.25, 0.3) is 0 Å². The predicted molar refractivity (Wildman–Crippen MR) is 92.1 cm³/mol. The van der Waals surface area contributed by atoms with Crippen molar-refractivity contribution in [1.29, 1.82) is 0 Å². The van der Waals surface area contributed by atoms with Crippen LogP contribution in [0.5, 0.6) is 0 Å². The number of hydrogen-bond donors (Lipinski definition) is 1. The minimum absolute atomic E-state index is 0.111. The maximum Gasteiger partial charge on any atom is 0.225 e. The average Bonchev–Trinajstić information content (AvgIpc) is 2.52. The van der Waals surface area contributed by atoms with Gasteiger partial charge in [0.15, 0.2) is 0 Å². The number of piperazine rings is 1. The molecule has 22 heavy (non-hydrogen) atoms. The van der Waals surface area contributed by atoms with E-state index >= 15 is 0 Å². The molecule has 1 atom stereocenters. The summed E-state index contributed by atoms with van der Waals surface area (Å²) in [5.41, 5.74) is 2.89. The topological polar surface area (TPSA) is 32.3 Å². The number of carbonyl (C=O) groups excluding carboxylic acids is 1. The number of nitrogens with zero attached hydrogens (tertiary/aromatic N) is 1. The number of aryl methyl sites for hydroxylation is 1. The minimum atomic E-state index is 0.111. The maximum absolute atomic E-state index is 12.4. The molecule has 3 nitrogen and oxygen atoms in total. The van der Waals surface area contributed by atoms with Crippen molar-refractivity contribution in [3.05, 3.63) is 35.4 Å². The molecule has 1 unspecified atom stereocenters. The van der Waals surface area contributed by atoms with Gasteiger partial charge in [-0.2, -0.15) is 0 Å². The highest BCUT2D eigenvalue weighted by Crippen LogP contribution is 2.23. The third-order valence-corrected chi connectivity index (χ3v) is 4.54. The van der Waals surface area contributed by atoms with Crippen LogP contribution in [0.1, 0.15) is 45.2 Å². The molecule has 122 valence electrons. The van der Waals surface area contributed by atoms with E-state index in [-0.39, 0.29) is 11.3 Å². The maximum atomic E-state index is 12.4. The monoisotopic (exact) mass is 302 g/mol. The van der Waals surface area contributed by atoms with Gasteiger partial charge in [0.05, 0.1) is 0 Å². The lowest BCUT2D eigenvalue weighted by Gasteiger charge is -2.29. The van der Waals surface area contributed by atoms with Crippen molar-refractivity contribution in [3.8, 4) is 0 Å². The van der Waals surface area contributed by atoms with E-state index in [1.54, 1.807) is 0 Å². The Morgan fingerprint density at radius 2 is 1.77 bits per heavy atom. The Labute approximate surface area is 135 Å². The molecular formula is C19H30N2O. The molecule has 0 aromatic heterocycles. The van der Waals surface area contributed by atoms with Crippen LogP contribution in [0.2, 0.25) is 0 Å². The van der Waals surface area contributed by atoms with E-state index < -0.39 is 0 Å². The summed E-state index contributed by atoms with van der Waals surface area (Å²) in [6, 6.07) is 8.86. The van der Waals surface area contributed by atoms with Crippen molar-refractivity contribution >= 4 is 5.91 Å². The van der Waals surface area contributed by atoms with Crippen molar-refractivity contribution in [3.63, 3.8) is 0 Å². The van der Waals surface area contributed by atoms with Gasteiger partial charge in [-0.15, -0.1) is 0 Å². The van der Waals surface area contributed by atoms with Crippen LogP contribution in [-0.4, -0.2) is 37.0 Å². The Balaban J connectivity index is 1.85. The van der Waals surface area contributed by atoms with Crippen LogP contribution >= 0.6 is 0 Å². The standard InChI is InChI=1S/C19H30N2O/c1-15(18(22)21-13-11-20-12-14-21)5-6-16-7-9-17(10-8-16)19(2,3)4/h7-10,15,20H,5-6,11-14H2,1-4H3. The van der Waals surface area contributed by atoms with Gasteiger partial charge in [-0.25, -0.2) is 0 Å². The van der Waals surface area contributed by atoms with Crippen LogP contribution in [-0.2, 0) is 16.6 Å². The summed E-state index contributed by atoms with van der Waals surface area (Å²) >= 11 is 0. The van der Waals surface area contributed by atoms with E-state index in [1.165, 1.54) is 11.1 Å². The fraction of sp³-hybridized carbons (Fsp3) is 0.632. The molecule has 1 aromatic carbocycles. The number of amides is 1. The summed E-state index contributed by atoms with van der Waals surface area (Å²) < 4.78 is 0. The highest BCUT2D eigenvalue weighted by Gasteiger charge is 2.21. The molecule has 0 aliphatic carbocycles. The normalized spacial score (nSPS) is 17.4. The van der Waals surface area contributed by atoms with Gasteiger partial charge in [0.25, 0.3) is 0 Å². The zero-order chi connectivity index (χ0) is 16.2. The van der Waals surface area contributed by atoms with Crippen molar-refractivity contribution in [2.24, 2.45) is 5.92 Å². The van der Waals surface area contributed by atoms with Crippen LogP contribution in [0.3, 0.4) is 0 Å². The molecular weight excluding hydrogens is 272 g/mol. The third kappa shape index (κ3) is 4.57. The van der Waals surface area contributed by atoms with Gasteiger partial charge in [-0.3, -0.25) is 4.79 Å². The third-order valence-electron chi connectivity index (χ3n) is 4.54. The van der Waals surface area contributed by atoms with E-state index in [0.29, 0.717) is 5.91 Å². The molecule has 1 saturated heterocycles. The SMILES string of the molecule is CC(CCc1ccc(C(C)(C)C)cc1)C(=O)N1CCNCC1. The molecule has 1 aliphatic rings. The second-order valence-electron chi connectivity index (χ2n) is 7.46. The van der Waals surface area contributed by atoms with Gasteiger partial charge in [0.2, 0.25) is 5.91 Å². The quantitative estimate of drug-likeness (QED) is 0.927. The van der Waals surface area contributed by atoms with Crippen LogP contribution in [0, 0.1) is 5.92 Å². The van der Waals surface area contributed by atoms with Gasteiger partial charge in [-0.1, -0.05) is 52.0 Å². The van der Waals surface area contributed by atoms with Crippen LogP contribution in [0.15, 0.2) is 24.3 Å². The predicted octanol–water partition coefficient (Wildman–Crippen LogP) is 2.98. The van der Waals surface area contributed by atoms with Gasteiger partial charge >= 0.3 is 0 Å². The van der Waals surface area contributed by atoms with Gasteiger partial charge in [-0.05, 0) is 29.4 Å². The highest BCUT2D eigenvalue weighted by atomic mass is 16.2. The molecule has 1 heterocycles. The summed E-state index contributed by atoms with van der Waals surface area (Å²) in [5, 5.41) is 3.29. The van der Waals surface area contributed by atoms with Crippen molar-refractivity contribution in [2.75, 3.05) is 26.2 Å². The first-order chi connectivity index (χ1) is 10.4. The van der Waals surface area contributed by atoms with E-state index in [2.05, 4.69) is 57.3 Å². The van der Waals surface area contributed by atoms with Gasteiger partial charge in [0, 0.05) is 32.1 Å². The molecule has 0 spiro atoms. The number of nitrogens with one attached hydrogen (secondary N) is 1. The van der Waals surface area contributed by atoms with Crippen LogP contribution < -0.4 is 5.32 Å². The first-order valence-corrected chi connectivity index (χ1v) is 8.47. The lowest BCUT2D eigenvalue weighted by Crippen LogP contribution is -2.48. The molecule has 1 amide bonds. The van der Waals surface area contributed by atoms with E-state index in [0.717, 1.165) is 39.0 Å². The summed E-state index contributed by atoms with van der Waals surface area (Å²) in [6.45, 7) is 12.3. The van der Waals surface area contributed by atoms with E-state index in [1.807, 2.05) is 4.90 Å². The first kappa shape index (κ1) is 17.0. The Bertz CT molecular complexity index is 481. The van der Waals surface area contributed by atoms with E-state index in [9.17, 15) is 4.79 Å². The van der Waals surface area contributed by atoms with Crippen molar-refractivity contribution in [2.45, 2.75) is 46.0 Å². The zero-order valence-electron chi connectivity index (χ0n) is 14.5. The lowest BCUT2D eigenvalue weighted by molar-refractivity contribution is -0.135. The first-order valence-electron chi connectivity index (χ1n) is 8.47.